The summed E-state index contributed by atoms with van der Waals surface area (Å²) in [4.78, 5) is 30.7. The second-order valence-electron chi connectivity index (χ2n) is 7.52. The first-order valence-corrected chi connectivity index (χ1v) is 11.8. The predicted molar refractivity (Wildman–Crippen MR) is 127 cm³/mol. The normalized spacial score (nSPS) is 16.2. The fourth-order valence-corrected chi connectivity index (χ4v) is 4.59. The number of carbonyl (C=O) groups is 2. The number of Topliss-reactive ketones (excluding diaryl/α,β-unsaturated/α-hetero) is 1. The van der Waals surface area contributed by atoms with E-state index in [2.05, 4.69) is 25.3 Å². The molecule has 0 fully saturated rings. The Bertz CT molecular complexity index is 962. The van der Waals surface area contributed by atoms with Crippen LogP contribution in [0.25, 0.3) is 0 Å². The molecule has 7 heteroatoms. The Morgan fingerprint density at radius 3 is 2.56 bits per heavy atom. The molecule has 0 saturated carbocycles. The SMILES string of the molecule is C=CCOc1ccc([C@H]2C(C(=O)c3cccs3)=C(O)C(=O)N2CCCN(CC)CC)cc1. The second-order valence-corrected chi connectivity index (χ2v) is 8.47. The molecule has 0 radical (unpaired) electrons. The molecule has 0 aliphatic carbocycles. The summed E-state index contributed by atoms with van der Waals surface area (Å²) in [5, 5.41) is 12.5. The third-order valence-electron chi connectivity index (χ3n) is 5.62. The number of aliphatic hydroxyl groups excluding tert-OH is 1. The fraction of sp³-hybridized carbons (Fsp3) is 0.360. The molecule has 2 aromatic rings. The molecule has 0 unspecified atom stereocenters. The van der Waals surface area contributed by atoms with Crippen molar-refractivity contribution in [3.8, 4) is 5.75 Å². The van der Waals surface area contributed by atoms with Crippen LogP contribution >= 0.6 is 11.3 Å². The lowest BCUT2D eigenvalue weighted by Crippen LogP contribution is -2.34. The van der Waals surface area contributed by atoms with Crippen molar-refractivity contribution in [2.24, 2.45) is 0 Å². The molecule has 1 atom stereocenters. The van der Waals surface area contributed by atoms with Crippen LogP contribution in [-0.2, 0) is 4.79 Å². The van der Waals surface area contributed by atoms with Crippen molar-refractivity contribution >= 4 is 23.0 Å². The van der Waals surface area contributed by atoms with Gasteiger partial charge in [0.2, 0.25) is 5.78 Å². The molecule has 1 amide bonds. The van der Waals surface area contributed by atoms with Gasteiger partial charge in [0.25, 0.3) is 5.91 Å². The van der Waals surface area contributed by atoms with Gasteiger partial charge in [0.15, 0.2) is 5.76 Å². The van der Waals surface area contributed by atoms with E-state index in [0.717, 1.165) is 31.6 Å². The van der Waals surface area contributed by atoms with Gasteiger partial charge in [-0.1, -0.05) is 44.7 Å². The second kappa shape index (κ2) is 11.1. The molecule has 0 spiro atoms. The number of hydrogen-bond donors (Lipinski definition) is 1. The maximum absolute atomic E-state index is 13.2. The van der Waals surface area contributed by atoms with E-state index in [1.54, 1.807) is 35.2 Å². The summed E-state index contributed by atoms with van der Waals surface area (Å²) in [5.74, 6) is -0.593. The number of thiophene rings is 1. The van der Waals surface area contributed by atoms with E-state index in [9.17, 15) is 14.7 Å². The topological polar surface area (TPSA) is 70.1 Å². The number of nitrogens with zero attached hydrogens (tertiary/aromatic N) is 2. The number of carbonyl (C=O) groups excluding carboxylic acids is 2. The fourth-order valence-electron chi connectivity index (χ4n) is 3.91. The highest BCUT2D eigenvalue weighted by Gasteiger charge is 2.43. The number of ketones is 1. The molecule has 170 valence electrons. The Balaban J connectivity index is 1.91. The van der Waals surface area contributed by atoms with Crippen LogP contribution in [0.2, 0.25) is 0 Å². The number of rotatable bonds is 12. The molecular weight excluding hydrogens is 424 g/mol. The van der Waals surface area contributed by atoms with Gasteiger partial charge in [-0.25, -0.2) is 0 Å². The van der Waals surface area contributed by atoms with Crippen molar-refractivity contribution in [2.45, 2.75) is 26.3 Å². The van der Waals surface area contributed by atoms with Crippen LogP contribution in [0.3, 0.4) is 0 Å². The number of aliphatic hydroxyl groups is 1. The minimum atomic E-state index is -0.637. The molecule has 32 heavy (non-hydrogen) atoms. The van der Waals surface area contributed by atoms with Crippen molar-refractivity contribution in [3.63, 3.8) is 0 Å². The lowest BCUT2D eigenvalue weighted by molar-refractivity contribution is -0.129. The van der Waals surface area contributed by atoms with Gasteiger partial charge in [-0.05, 0) is 55.2 Å². The molecule has 1 aliphatic rings. The molecule has 3 rings (SSSR count). The van der Waals surface area contributed by atoms with Crippen LogP contribution in [0.5, 0.6) is 5.75 Å². The Morgan fingerprint density at radius 1 is 1.25 bits per heavy atom. The van der Waals surface area contributed by atoms with E-state index in [4.69, 9.17) is 4.74 Å². The minimum absolute atomic E-state index is 0.139. The minimum Gasteiger partial charge on any atom is -0.503 e. The van der Waals surface area contributed by atoms with Gasteiger partial charge in [0.1, 0.15) is 12.4 Å². The number of ether oxygens (including phenoxy) is 1. The summed E-state index contributed by atoms with van der Waals surface area (Å²) in [6.45, 7) is 11.4. The monoisotopic (exact) mass is 454 g/mol. The van der Waals surface area contributed by atoms with Gasteiger partial charge >= 0.3 is 0 Å². The van der Waals surface area contributed by atoms with Crippen LogP contribution in [-0.4, -0.2) is 59.4 Å². The van der Waals surface area contributed by atoms with Gasteiger partial charge in [0, 0.05) is 6.54 Å². The van der Waals surface area contributed by atoms with Gasteiger partial charge in [-0.3, -0.25) is 9.59 Å². The summed E-state index contributed by atoms with van der Waals surface area (Å²) in [6, 6.07) is 10.2. The molecule has 1 aromatic carbocycles. The largest absolute Gasteiger partial charge is 0.503 e. The first-order valence-electron chi connectivity index (χ1n) is 10.9. The zero-order chi connectivity index (χ0) is 23.1. The lowest BCUT2D eigenvalue weighted by atomic mass is 9.95. The van der Waals surface area contributed by atoms with Crippen LogP contribution in [0.4, 0.5) is 0 Å². The molecule has 6 nitrogen and oxygen atoms in total. The first kappa shape index (κ1) is 23.8. The van der Waals surface area contributed by atoms with Gasteiger partial charge in [-0.2, -0.15) is 0 Å². The quantitative estimate of drug-likeness (QED) is 0.374. The predicted octanol–water partition coefficient (Wildman–Crippen LogP) is 4.62. The Labute approximate surface area is 193 Å². The van der Waals surface area contributed by atoms with Crippen molar-refractivity contribution in [3.05, 3.63) is 76.2 Å². The molecular formula is C25H30N2O4S. The molecule has 1 aliphatic heterocycles. The third kappa shape index (κ3) is 5.11. The van der Waals surface area contributed by atoms with E-state index < -0.39 is 17.7 Å². The highest BCUT2D eigenvalue weighted by molar-refractivity contribution is 7.12. The van der Waals surface area contributed by atoms with E-state index in [1.165, 1.54) is 11.3 Å². The summed E-state index contributed by atoms with van der Waals surface area (Å²) in [6.07, 6.45) is 2.41. The molecule has 1 N–H and O–H groups in total. The van der Waals surface area contributed by atoms with Crippen molar-refractivity contribution in [2.75, 3.05) is 32.8 Å². The first-order chi connectivity index (χ1) is 15.5. The van der Waals surface area contributed by atoms with Crippen LogP contribution in [0.1, 0.15) is 41.5 Å². The van der Waals surface area contributed by atoms with Crippen LogP contribution in [0.15, 0.2) is 65.8 Å². The summed E-state index contributed by atoms with van der Waals surface area (Å²) < 4.78 is 5.56. The van der Waals surface area contributed by atoms with Crippen molar-refractivity contribution in [1.82, 2.24) is 9.80 Å². The molecule has 2 heterocycles. The van der Waals surface area contributed by atoms with Crippen LogP contribution < -0.4 is 4.74 Å². The third-order valence-corrected chi connectivity index (χ3v) is 6.49. The Kier molecular flexibility index (Phi) is 8.25. The number of amides is 1. The molecule has 0 bridgehead atoms. The van der Waals surface area contributed by atoms with Crippen molar-refractivity contribution in [1.29, 1.82) is 0 Å². The summed E-state index contributed by atoms with van der Waals surface area (Å²) >= 11 is 1.30. The zero-order valence-corrected chi connectivity index (χ0v) is 19.4. The van der Waals surface area contributed by atoms with Crippen LogP contribution in [0, 0.1) is 0 Å². The Morgan fingerprint density at radius 2 is 1.97 bits per heavy atom. The average Bonchev–Trinajstić information content (AvgIpc) is 3.43. The van der Waals surface area contributed by atoms with Gasteiger partial charge < -0.3 is 19.6 Å². The number of benzene rings is 1. The lowest BCUT2D eigenvalue weighted by Gasteiger charge is -2.28. The average molecular weight is 455 g/mol. The van der Waals surface area contributed by atoms with E-state index in [0.29, 0.717) is 23.8 Å². The zero-order valence-electron chi connectivity index (χ0n) is 18.6. The smallest absolute Gasteiger partial charge is 0.290 e. The molecule has 1 aromatic heterocycles. The van der Waals surface area contributed by atoms with Gasteiger partial charge in [0.05, 0.1) is 16.5 Å². The Hall–Kier alpha value is -2.90. The van der Waals surface area contributed by atoms with E-state index >= 15 is 0 Å². The highest BCUT2D eigenvalue weighted by Crippen LogP contribution is 2.40. The maximum Gasteiger partial charge on any atom is 0.290 e. The summed E-state index contributed by atoms with van der Waals surface area (Å²) in [5.41, 5.74) is 0.899. The van der Waals surface area contributed by atoms with Gasteiger partial charge in [-0.15, -0.1) is 11.3 Å². The summed E-state index contributed by atoms with van der Waals surface area (Å²) in [7, 11) is 0. The molecule has 0 saturated heterocycles. The highest BCUT2D eigenvalue weighted by atomic mass is 32.1. The maximum atomic E-state index is 13.2. The van der Waals surface area contributed by atoms with E-state index in [1.807, 2.05) is 17.5 Å². The van der Waals surface area contributed by atoms with E-state index in [-0.39, 0.29) is 11.4 Å². The van der Waals surface area contributed by atoms with Crippen molar-refractivity contribution < 1.29 is 19.4 Å². The number of hydrogen-bond acceptors (Lipinski definition) is 6. The standard InChI is InChI=1S/C25H30N2O4S/c1-4-16-31-19-12-10-18(11-13-19)22-21(23(28)20-9-7-17-32-20)24(29)25(30)27(22)15-8-14-26(5-2)6-3/h4,7,9-13,17,22,29H,1,5-6,8,14-16H2,2-3H3/t22-/m0/s1.